The van der Waals surface area contributed by atoms with E-state index in [4.69, 9.17) is 25.8 Å². The number of nitrogens with one attached hydrogen (secondary N) is 1. The Balaban J connectivity index is 1.27. The average Bonchev–Trinajstić information content (AvgIpc) is 3.50. The number of hydrogen-bond acceptors (Lipinski definition) is 8. The number of aryl methyl sites for hydroxylation is 1. The summed E-state index contributed by atoms with van der Waals surface area (Å²) in [5, 5.41) is 11.0. The van der Waals surface area contributed by atoms with Gasteiger partial charge in [0, 0.05) is 42.8 Å². The summed E-state index contributed by atoms with van der Waals surface area (Å²) < 4.78 is 48.4. The molecule has 9 nitrogen and oxygen atoms in total. The summed E-state index contributed by atoms with van der Waals surface area (Å²) in [5.74, 6) is 0.285. The lowest BCUT2D eigenvalue weighted by Gasteiger charge is -2.45. The molecule has 47 heavy (non-hydrogen) atoms. The molecule has 0 unspecified atom stereocenters. The zero-order chi connectivity index (χ0) is 32.8. The first-order valence-electron chi connectivity index (χ1n) is 17.0. The van der Waals surface area contributed by atoms with Crippen molar-refractivity contribution in [1.82, 2.24) is 4.72 Å². The summed E-state index contributed by atoms with van der Waals surface area (Å²) in [5.41, 5.74) is 3.21. The SMILES string of the molecule is CO[C@@H]1C/C=C\[C@H](O)[C@@H]2CC[C@H]2CN2C[C@@]3(CCCc4cc(Cl)ccc43)COc3ccc(cc32)C(=O)NS(=O)(=O)[C@H]1C[C@@H]1CCCO1. The number of methoxy groups -OCH3 is 1. The lowest BCUT2D eigenvalue weighted by atomic mass is 9.68. The normalized spacial score (nSPS) is 34.3. The first kappa shape index (κ1) is 32.9. The van der Waals surface area contributed by atoms with Crippen LogP contribution in [0.3, 0.4) is 0 Å². The van der Waals surface area contributed by atoms with Gasteiger partial charge >= 0.3 is 0 Å². The van der Waals surface area contributed by atoms with Gasteiger partial charge in [-0.2, -0.15) is 0 Å². The van der Waals surface area contributed by atoms with Crippen LogP contribution in [0.4, 0.5) is 5.69 Å². The molecular weight excluding hydrogens is 640 g/mol. The van der Waals surface area contributed by atoms with Gasteiger partial charge in [-0.15, -0.1) is 0 Å². The number of amides is 1. The Labute approximate surface area is 282 Å². The minimum absolute atomic E-state index is 0.0686. The largest absolute Gasteiger partial charge is 0.490 e. The van der Waals surface area contributed by atoms with Crippen molar-refractivity contribution in [1.29, 1.82) is 0 Å². The highest BCUT2D eigenvalue weighted by Gasteiger charge is 2.45. The average molecular weight is 685 g/mol. The van der Waals surface area contributed by atoms with Crippen LogP contribution in [-0.2, 0) is 31.3 Å². The number of benzene rings is 2. The van der Waals surface area contributed by atoms with Gasteiger partial charge in [-0.05, 0) is 111 Å². The second kappa shape index (κ2) is 13.3. The van der Waals surface area contributed by atoms with E-state index in [1.165, 1.54) is 18.2 Å². The molecule has 3 heterocycles. The number of carbonyl (C=O) groups is 1. The van der Waals surface area contributed by atoms with Gasteiger partial charge < -0.3 is 24.2 Å². The second-order valence-electron chi connectivity index (χ2n) is 14.1. The van der Waals surface area contributed by atoms with Crippen molar-refractivity contribution in [3.63, 3.8) is 0 Å². The Kier molecular flexibility index (Phi) is 9.34. The Bertz CT molecular complexity index is 1630. The van der Waals surface area contributed by atoms with Gasteiger partial charge in [0.25, 0.3) is 5.91 Å². The van der Waals surface area contributed by atoms with Crippen molar-refractivity contribution in [3.05, 3.63) is 70.3 Å². The number of fused-ring (bicyclic) bond motifs is 4. The molecule has 1 saturated carbocycles. The van der Waals surface area contributed by atoms with E-state index in [1.807, 2.05) is 12.1 Å². The Morgan fingerprint density at radius 3 is 2.79 bits per heavy atom. The fraction of sp³-hybridized carbons (Fsp3) is 0.583. The van der Waals surface area contributed by atoms with Gasteiger partial charge in [0.2, 0.25) is 10.0 Å². The van der Waals surface area contributed by atoms with E-state index in [1.54, 1.807) is 24.3 Å². The van der Waals surface area contributed by atoms with E-state index in [0.717, 1.165) is 55.7 Å². The molecule has 7 rings (SSSR count). The van der Waals surface area contributed by atoms with Crippen LogP contribution >= 0.6 is 11.6 Å². The van der Waals surface area contributed by atoms with E-state index in [9.17, 15) is 18.3 Å². The number of sulfonamides is 1. The molecule has 5 aliphatic rings. The first-order valence-corrected chi connectivity index (χ1v) is 18.9. The number of aliphatic hydroxyl groups excluding tert-OH is 1. The molecule has 11 heteroatoms. The molecule has 1 spiro atoms. The van der Waals surface area contributed by atoms with Gasteiger partial charge in [-0.1, -0.05) is 29.8 Å². The zero-order valence-corrected chi connectivity index (χ0v) is 28.5. The Hall–Kier alpha value is -2.63. The van der Waals surface area contributed by atoms with Gasteiger partial charge in [-0.25, -0.2) is 13.1 Å². The van der Waals surface area contributed by atoms with Crippen molar-refractivity contribution in [2.24, 2.45) is 11.8 Å². The van der Waals surface area contributed by atoms with Crippen molar-refractivity contribution >= 4 is 33.2 Å². The van der Waals surface area contributed by atoms with Crippen LogP contribution < -0.4 is 14.4 Å². The van der Waals surface area contributed by atoms with Crippen LogP contribution in [-0.4, -0.2) is 76.4 Å². The van der Waals surface area contributed by atoms with Gasteiger partial charge in [-0.3, -0.25) is 4.79 Å². The fourth-order valence-electron chi connectivity index (χ4n) is 8.54. The topological polar surface area (TPSA) is 114 Å². The molecule has 0 aromatic heterocycles. The predicted octanol–water partition coefficient (Wildman–Crippen LogP) is 5.17. The number of carbonyl (C=O) groups excluding carboxylic acids is 1. The maximum atomic E-state index is 13.9. The molecule has 1 amide bonds. The number of ether oxygens (including phenoxy) is 3. The monoisotopic (exact) mass is 684 g/mol. The lowest BCUT2D eigenvalue weighted by molar-refractivity contribution is 0.0447. The van der Waals surface area contributed by atoms with E-state index in [-0.39, 0.29) is 41.8 Å². The minimum atomic E-state index is -4.18. The number of halogens is 1. The third-order valence-electron chi connectivity index (χ3n) is 11.2. The lowest BCUT2D eigenvalue weighted by Crippen LogP contribution is -2.49. The molecule has 7 atom stereocenters. The summed E-state index contributed by atoms with van der Waals surface area (Å²) in [6, 6.07) is 11.3. The van der Waals surface area contributed by atoms with Crippen molar-refractivity contribution in [3.8, 4) is 5.75 Å². The Morgan fingerprint density at radius 1 is 1.15 bits per heavy atom. The van der Waals surface area contributed by atoms with Crippen LogP contribution in [0, 0.1) is 11.8 Å². The summed E-state index contributed by atoms with van der Waals surface area (Å²) in [6.45, 7) is 2.43. The molecule has 2 aromatic rings. The van der Waals surface area contributed by atoms with Crippen LogP contribution in [0.5, 0.6) is 5.75 Å². The van der Waals surface area contributed by atoms with E-state index in [0.29, 0.717) is 32.1 Å². The van der Waals surface area contributed by atoms with E-state index in [2.05, 4.69) is 21.8 Å². The van der Waals surface area contributed by atoms with Crippen molar-refractivity contribution in [2.45, 2.75) is 86.8 Å². The molecule has 1 saturated heterocycles. The maximum absolute atomic E-state index is 13.9. The van der Waals surface area contributed by atoms with E-state index < -0.39 is 33.4 Å². The van der Waals surface area contributed by atoms with Crippen molar-refractivity contribution < 1.29 is 32.5 Å². The highest BCUT2D eigenvalue weighted by Crippen LogP contribution is 2.47. The summed E-state index contributed by atoms with van der Waals surface area (Å²) in [4.78, 5) is 16.1. The number of aliphatic hydroxyl groups is 1. The van der Waals surface area contributed by atoms with Crippen LogP contribution in [0.2, 0.25) is 5.02 Å². The number of nitrogens with zero attached hydrogens (tertiary/aromatic N) is 1. The standard InChI is InChI=1S/C36H45ClN2O7S/c1-44-33-8-2-7-31(40)28-12-9-25(28)20-39-21-36(15-3-5-23-17-26(37)11-13-29(23)36)22-46-32-14-10-24(18-30(32)39)35(41)38-47(42,43)34(33)19-27-6-4-16-45-27/h2,7,10-11,13-14,17-18,25,27-28,31,33-34,40H,3-6,8-9,12,15-16,19-22H2,1H3,(H,38,41)/b7-2-/t25-,27-,28+,31-,33+,34-,36-/m0/s1. The van der Waals surface area contributed by atoms with Crippen LogP contribution in [0.25, 0.3) is 0 Å². The first-order chi connectivity index (χ1) is 22.7. The number of anilines is 1. The van der Waals surface area contributed by atoms with Crippen LogP contribution in [0.15, 0.2) is 48.6 Å². The smallest absolute Gasteiger partial charge is 0.264 e. The van der Waals surface area contributed by atoms with Crippen LogP contribution in [0.1, 0.15) is 72.9 Å². The molecule has 0 radical (unpaired) electrons. The minimum Gasteiger partial charge on any atom is -0.490 e. The number of hydrogen-bond donors (Lipinski definition) is 2. The summed E-state index contributed by atoms with van der Waals surface area (Å²) >= 11 is 6.41. The molecule has 2 aromatic carbocycles. The quantitative estimate of drug-likeness (QED) is 0.426. The third-order valence-corrected chi connectivity index (χ3v) is 13.2. The van der Waals surface area contributed by atoms with E-state index >= 15 is 0 Å². The predicted molar refractivity (Wildman–Crippen MR) is 181 cm³/mol. The molecule has 2 N–H and O–H groups in total. The molecule has 2 bridgehead atoms. The zero-order valence-electron chi connectivity index (χ0n) is 26.9. The third kappa shape index (κ3) is 6.56. The van der Waals surface area contributed by atoms with Gasteiger partial charge in [0.1, 0.15) is 11.0 Å². The molecule has 2 aliphatic carbocycles. The highest BCUT2D eigenvalue weighted by molar-refractivity contribution is 7.90. The Morgan fingerprint density at radius 2 is 2.02 bits per heavy atom. The molecule has 3 aliphatic heterocycles. The second-order valence-corrected chi connectivity index (χ2v) is 16.4. The fourth-order valence-corrected chi connectivity index (χ4v) is 10.3. The molecular formula is C36H45ClN2O7S. The summed E-state index contributed by atoms with van der Waals surface area (Å²) in [7, 11) is -2.69. The van der Waals surface area contributed by atoms with Gasteiger partial charge in [0.05, 0.1) is 30.6 Å². The van der Waals surface area contributed by atoms with Crippen molar-refractivity contribution in [2.75, 3.05) is 38.3 Å². The molecule has 254 valence electrons. The molecule has 2 fully saturated rings. The summed E-state index contributed by atoms with van der Waals surface area (Å²) in [6.07, 6.45) is 8.95. The number of rotatable bonds is 3. The highest BCUT2D eigenvalue weighted by atomic mass is 35.5. The maximum Gasteiger partial charge on any atom is 0.264 e. The van der Waals surface area contributed by atoms with Gasteiger partial charge in [0.15, 0.2) is 0 Å².